The van der Waals surface area contributed by atoms with Gasteiger partial charge in [-0.15, -0.1) is 0 Å². The third-order valence-electron chi connectivity index (χ3n) is 8.50. The second kappa shape index (κ2) is 7.59. The summed E-state index contributed by atoms with van der Waals surface area (Å²) >= 11 is 0. The highest BCUT2D eigenvalue weighted by atomic mass is 16.5. The summed E-state index contributed by atoms with van der Waals surface area (Å²) < 4.78 is 10.1. The van der Waals surface area contributed by atoms with Crippen LogP contribution in [0, 0.1) is 18.8 Å². The fraction of sp³-hybridized carbons (Fsp3) is 0.429. The molecule has 3 aliphatic rings. The molecule has 35 heavy (non-hydrogen) atoms. The largest absolute Gasteiger partial charge is 0.494 e. The van der Waals surface area contributed by atoms with Gasteiger partial charge in [0.05, 0.1) is 18.4 Å². The highest BCUT2D eigenvalue weighted by Crippen LogP contribution is 2.40. The SMILES string of the molecule is COc1cc(C(=O)N2CC3CCC2[C@@H]3N)cn2nc(-c3cc4ccccc4n3CC3CC3)c(C)c12. The van der Waals surface area contributed by atoms with Crippen molar-refractivity contribution >= 4 is 22.3 Å². The number of methoxy groups -OCH3 is 1. The van der Waals surface area contributed by atoms with Crippen LogP contribution >= 0.6 is 0 Å². The molecule has 1 amide bonds. The lowest BCUT2D eigenvalue weighted by molar-refractivity contribution is 0.0699. The predicted molar refractivity (Wildman–Crippen MR) is 136 cm³/mol. The molecule has 3 atom stereocenters. The number of benzene rings is 1. The number of aromatic nitrogens is 3. The summed E-state index contributed by atoms with van der Waals surface area (Å²) in [4.78, 5) is 15.5. The van der Waals surface area contributed by atoms with Gasteiger partial charge in [0.15, 0.2) is 0 Å². The molecule has 1 saturated heterocycles. The second-order valence-corrected chi connectivity index (χ2v) is 10.6. The van der Waals surface area contributed by atoms with Crippen LogP contribution in [-0.2, 0) is 6.54 Å². The van der Waals surface area contributed by atoms with Gasteiger partial charge in [0.1, 0.15) is 17.0 Å². The molecule has 2 saturated carbocycles. The second-order valence-electron chi connectivity index (χ2n) is 10.6. The number of nitrogens with zero attached hydrogens (tertiary/aromatic N) is 4. The molecule has 2 bridgehead atoms. The first-order valence-electron chi connectivity index (χ1n) is 12.8. The number of likely N-dealkylation sites (tertiary alicyclic amines) is 1. The van der Waals surface area contributed by atoms with Crippen molar-refractivity contribution in [1.82, 2.24) is 19.1 Å². The summed E-state index contributed by atoms with van der Waals surface area (Å²) in [5, 5.41) is 6.25. The van der Waals surface area contributed by atoms with E-state index in [-0.39, 0.29) is 18.0 Å². The van der Waals surface area contributed by atoms with Crippen molar-refractivity contribution in [2.24, 2.45) is 17.6 Å². The Bertz CT molecular complexity index is 1480. The van der Waals surface area contributed by atoms with Crippen LogP contribution in [0.25, 0.3) is 27.8 Å². The summed E-state index contributed by atoms with van der Waals surface area (Å²) in [7, 11) is 1.66. The molecule has 0 radical (unpaired) electrons. The van der Waals surface area contributed by atoms with Crippen molar-refractivity contribution in [3.8, 4) is 17.1 Å². The number of carbonyl (C=O) groups is 1. The third kappa shape index (κ3) is 3.14. The molecule has 1 aromatic carbocycles. The maximum absolute atomic E-state index is 13.5. The van der Waals surface area contributed by atoms with Crippen LogP contribution in [0.5, 0.6) is 5.75 Å². The number of hydrogen-bond acceptors (Lipinski definition) is 4. The molecule has 3 fully saturated rings. The van der Waals surface area contributed by atoms with Crippen molar-refractivity contribution in [3.63, 3.8) is 0 Å². The van der Waals surface area contributed by atoms with E-state index in [1.807, 2.05) is 21.7 Å². The zero-order chi connectivity index (χ0) is 23.8. The molecule has 4 heterocycles. The summed E-state index contributed by atoms with van der Waals surface area (Å²) in [5.41, 5.74) is 12.2. The van der Waals surface area contributed by atoms with E-state index in [4.69, 9.17) is 15.6 Å². The van der Waals surface area contributed by atoms with Crippen LogP contribution in [0.4, 0.5) is 0 Å². The summed E-state index contributed by atoms with van der Waals surface area (Å²) in [5.74, 6) is 1.85. The molecule has 2 N–H and O–H groups in total. The predicted octanol–water partition coefficient (Wildman–Crippen LogP) is 4.24. The molecule has 3 aromatic heterocycles. The van der Waals surface area contributed by atoms with Crippen LogP contribution in [0.15, 0.2) is 42.6 Å². The zero-order valence-electron chi connectivity index (χ0n) is 20.3. The number of aryl methyl sites for hydroxylation is 1. The smallest absolute Gasteiger partial charge is 0.255 e. The fourth-order valence-corrected chi connectivity index (χ4v) is 6.41. The van der Waals surface area contributed by atoms with Crippen molar-refractivity contribution in [2.45, 2.75) is 51.2 Å². The first-order valence-corrected chi connectivity index (χ1v) is 12.8. The standard InChI is InChI=1S/C28H31N5O2/c1-16-26(23-11-18-5-3-4-6-21(18)31(23)13-17-7-8-17)30-33-15-20(12-24(35-2)27(16)33)28(34)32-14-19-9-10-22(32)25(19)29/h3-6,11-12,15,17,19,22,25H,7-10,13-14,29H2,1-2H3/t19?,22?,25-/m1/s1. The van der Waals surface area contributed by atoms with E-state index in [2.05, 4.69) is 41.8 Å². The summed E-state index contributed by atoms with van der Waals surface area (Å²) in [6, 6.07) is 12.9. The lowest BCUT2D eigenvalue weighted by Gasteiger charge is -2.27. The van der Waals surface area contributed by atoms with Gasteiger partial charge in [-0.2, -0.15) is 5.10 Å². The van der Waals surface area contributed by atoms with Gasteiger partial charge in [0.2, 0.25) is 0 Å². The van der Waals surface area contributed by atoms with Crippen molar-refractivity contribution < 1.29 is 9.53 Å². The van der Waals surface area contributed by atoms with E-state index in [0.717, 1.165) is 54.3 Å². The monoisotopic (exact) mass is 469 g/mol. The molecule has 7 rings (SSSR count). The van der Waals surface area contributed by atoms with Crippen LogP contribution in [0.2, 0.25) is 0 Å². The van der Waals surface area contributed by atoms with E-state index < -0.39 is 0 Å². The van der Waals surface area contributed by atoms with Gasteiger partial charge in [-0.3, -0.25) is 4.79 Å². The minimum absolute atomic E-state index is 0.0189. The first kappa shape index (κ1) is 21.0. The Labute approximate surface area is 204 Å². The quantitative estimate of drug-likeness (QED) is 0.474. The van der Waals surface area contributed by atoms with E-state index >= 15 is 0 Å². The maximum Gasteiger partial charge on any atom is 0.255 e. The lowest BCUT2D eigenvalue weighted by Crippen LogP contribution is -2.41. The maximum atomic E-state index is 13.5. The molecule has 1 aliphatic heterocycles. The fourth-order valence-electron chi connectivity index (χ4n) is 6.41. The topological polar surface area (TPSA) is 77.8 Å². The molecule has 0 spiro atoms. The Morgan fingerprint density at radius 2 is 2.00 bits per heavy atom. The Hall–Kier alpha value is -3.32. The van der Waals surface area contributed by atoms with Crippen LogP contribution < -0.4 is 10.5 Å². The average Bonchev–Trinajstić information content (AvgIpc) is 3.27. The molecule has 2 aliphatic carbocycles. The van der Waals surface area contributed by atoms with Gasteiger partial charge in [-0.25, -0.2) is 4.52 Å². The number of para-hydroxylation sites is 1. The first-order chi connectivity index (χ1) is 17.0. The Morgan fingerprint density at radius 1 is 1.17 bits per heavy atom. The average molecular weight is 470 g/mol. The molecule has 7 heteroatoms. The van der Waals surface area contributed by atoms with Gasteiger partial charge in [-0.05, 0) is 62.6 Å². The molecule has 7 nitrogen and oxygen atoms in total. The third-order valence-corrected chi connectivity index (χ3v) is 8.50. The molecule has 180 valence electrons. The van der Waals surface area contributed by atoms with Gasteiger partial charge in [0, 0.05) is 47.8 Å². The van der Waals surface area contributed by atoms with E-state index in [1.165, 1.54) is 23.7 Å². The van der Waals surface area contributed by atoms with E-state index in [9.17, 15) is 4.79 Å². The number of fused-ring (bicyclic) bond motifs is 4. The van der Waals surface area contributed by atoms with Crippen LogP contribution in [-0.4, -0.2) is 50.7 Å². The number of piperidine rings is 1. The summed E-state index contributed by atoms with van der Waals surface area (Å²) in [6.45, 7) is 3.85. The van der Waals surface area contributed by atoms with Gasteiger partial charge < -0.3 is 19.9 Å². The van der Waals surface area contributed by atoms with Gasteiger partial charge >= 0.3 is 0 Å². The molecular weight excluding hydrogens is 438 g/mol. The Balaban J connectivity index is 1.35. The Kier molecular flexibility index (Phi) is 4.55. The van der Waals surface area contributed by atoms with Crippen molar-refractivity contribution in [1.29, 1.82) is 0 Å². The van der Waals surface area contributed by atoms with Gasteiger partial charge in [-0.1, -0.05) is 18.2 Å². The highest BCUT2D eigenvalue weighted by molar-refractivity contribution is 5.96. The molecule has 4 aromatic rings. The van der Waals surface area contributed by atoms with Crippen molar-refractivity contribution in [2.75, 3.05) is 13.7 Å². The minimum Gasteiger partial charge on any atom is -0.494 e. The lowest BCUT2D eigenvalue weighted by atomic mass is 10.1. The number of rotatable bonds is 5. The van der Waals surface area contributed by atoms with Gasteiger partial charge in [0.25, 0.3) is 5.91 Å². The molecule has 2 unspecified atom stereocenters. The number of hydrogen-bond donors (Lipinski definition) is 1. The number of nitrogens with two attached hydrogens (primary N) is 1. The zero-order valence-corrected chi connectivity index (χ0v) is 20.3. The molecular formula is C28H31N5O2. The number of carbonyl (C=O) groups excluding carboxylic acids is 1. The normalized spacial score (nSPS) is 23.6. The number of pyridine rings is 1. The highest BCUT2D eigenvalue weighted by Gasteiger charge is 2.47. The number of ether oxygens (including phenoxy) is 1. The van der Waals surface area contributed by atoms with E-state index in [0.29, 0.717) is 17.2 Å². The van der Waals surface area contributed by atoms with Crippen LogP contribution in [0.1, 0.15) is 41.6 Å². The van der Waals surface area contributed by atoms with Crippen molar-refractivity contribution in [3.05, 3.63) is 53.7 Å². The Morgan fingerprint density at radius 3 is 2.71 bits per heavy atom. The minimum atomic E-state index is 0.0189. The summed E-state index contributed by atoms with van der Waals surface area (Å²) in [6.07, 6.45) is 6.55. The van der Waals surface area contributed by atoms with E-state index in [1.54, 1.807) is 7.11 Å². The van der Waals surface area contributed by atoms with Crippen LogP contribution in [0.3, 0.4) is 0 Å². The number of amides is 1.